The molecule has 1 nitrogen and oxygen atoms in total. The third-order valence-electron chi connectivity index (χ3n) is 5.40. The maximum atomic E-state index is 5.84. The molecule has 0 saturated carbocycles. The summed E-state index contributed by atoms with van der Waals surface area (Å²) in [6.07, 6.45) is 4.40. The Kier molecular flexibility index (Phi) is 9.28. The van der Waals surface area contributed by atoms with Crippen molar-refractivity contribution in [1.29, 1.82) is 0 Å². The van der Waals surface area contributed by atoms with Crippen molar-refractivity contribution < 1.29 is 0 Å². The molecule has 32 heavy (non-hydrogen) atoms. The van der Waals surface area contributed by atoms with Gasteiger partial charge in [0.05, 0.1) is 0 Å². The Morgan fingerprint density at radius 2 is 1.25 bits per heavy atom. The lowest BCUT2D eigenvalue weighted by molar-refractivity contribution is 0.866. The van der Waals surface area contributed by atoms with Crippen LogP contribution in [0.1, 0.15) is 68.4 Å². The molecule has 0 spiro atoms. The van der Waals surface area contributed by atoms with Gasteiger partial charge in [-0.2, -0.15) is 0 Å². The highest BCUT2D eigenvalue weighted by atomic mass is 14.5. The molecule has 2 N–H and O–H groups in total. The molecule has 166 valence electrons. The van der Waals surface area contributed by atoms with E-state index in [2.05, 4.69) is 95.0 Å². The first kappa shape index (κ1) is 24.9. The lowest BCUT2D eigenvalue weighted by Crippen LogP contribution is -1.90. The van der Waals surface area contributed by atoms with Crippen molar-refractivity contribution in [3.8, 4) is 0 Å². The molecule has 0 aliphatic heterocycles. The van der Waals surface area contributed by atoms with E-state index >= 15 is 0 Å². The molecule has 3 rings (SSSR count). The van der Waals surface area contributed by atoms with E-state index in [0.717, 1.165) is 22.4 Å². The molecule has 1 heteroatoms. The standard InChI is InChI=1S/C29H31N.C2H6/c1-20(2)24-10-12-25(13-11-24)22(4)18-28(27-8-6-21(3)7-9-27)19-23(5)26-14-16-29(30)17-15-26;1-2/h6-20H,5,30H2,1-4H3;1-2H3/b22-18+,28-19+;. The Balaban J connectivity index is 0.00000176. The van der Waals surface area contributed by atoms with Gasteiger partial charge in [0.1, 0.15) is 0 Å². The van der Waals surface area contributed by atoms with Gasteiger partial charge in [-0.05, 0) is 76.9 Å². The quantitative estimate of drug-likeness (QED) is 0.311. The largest absolute Gasteiger partial charge is 0.399 e. The van der Waals surface area contributed by atoms with E-state index in [-0.39, 0.29) is 0 Å². The monoisotopic (exact) mass is 423 g/mol. The maximum Gasteiger partial charge on any atom is 0.0314 e. The summed E-state index contributed by atoms with van der Waals surface area (Å²) in [7, 11) is 0. The van der Waals surface area contributed by atoms with E-state index < -0.39 is 0 Å². The van der Waals surface area contributed by atoms with Crippen LogP contribution in [0, 0.1) is 6.92 Å². The van der Waals surface area contributed by atoms with Crippen molar-refractivity contribution >= 4 is 22.4 Å². The number of hydrogen-bond acceptors (Lipinski definition) is 1. The summed E-state index contributed by atoms with van der Waals surface area (Å²) in [5.74, 6) is 0.537. The molecule has 3 aromatic rings. The molecule has 0 aliphatic carbocycles. The Morgan fingerprint density at radius 3 is 1.78 bits per heavy atom. The first-order valence-electron chi connectivity index (χ1n) is 11.5. The molecule has 0 aromatic heterocycles. The zero-order chi connectivity index (χ0) is 23.7. The number of hydrogen-bond donors (Lipinski definition) is 1. The van der Waals surface area contributed by atoms with E-state index in [1.807, 2.05) is 38.1 Å². The van der Waals surface area contributed by atoms with Crippen molar-refractivity contribution in [1.82, 2.24) is 0 Å². The fourth-order valence-electron chi connectivity index (χ4n) is 3.37. The summed E-state index contributed by atoms with van der Waals surface area (Å²) in [5, 5.41) is 0. The average Bonchev–Trinajstić information content (AvgIpc) is 2.81. The van der Waals surface area contributed by atoms with Gasteiger partial charge in [0.2, 0.25) is 0 Å². The van der Waals surface area contributed by atoms with Crippen LogP contribution in [0.2, 0.25) is 0 Å². The van der Waals surface area contributed by atoms with Crippen LogP contribution in [0.4, 0.5) is 5.69 Å². The topological polar surface area (TPSA) is 26.0 Å². The van der Waals surface area contributed by atoms with E-state index in [1.165, 1.54) is 27.8 Å². The summed E-state index contributed by atoms with van der Waals surface area (Å²) in [6, 6.07) is 25.4. The number of allylic oxidation sites excluding steroid dienone is 5. The third-order valence-corrected chi connectivity index (χ3v) is 5.40. The zero-order valence-corrected chi connectivity index (χ0v) is 20.4. The Bertz CT molecular complexity index is 1060. The molecule has 0 unspecified atom stereocenters. The number of nitrogen functional groups attached to an aromatic ring is 1. The minimum Gasteiger partial charge on any atom is -0.399 e. The first-order valence-corrected chi connectivity index (χ1v) is 11.5. The molecule has 0 aliphatic rings. The van der Waals surface area contributed by atoms with Gasteiger partial charge in [-0.25, -0.2) is 0 Å². The van der Waals surface area contributed by atoms with Crippen molar-refractivity contribution in [3.05, 3.63) is 119 Å². The van der Waals surface area contributed by atoms with Crippen LogP contribution >= 0.6 is 0 Å². The lowest BCUT2D eigenvalue weighted by atomic mass is 9.94. The fraction of sp³-hybridized carbons (Fsp3) is 0.226. The molecule has 0 heterocycles. The molecule has 3 aromatic carbocycles. The van der Waals surface area contributed by atoms with Gasteiger partial charge in [0, 0.05) is 5.69 Å². The fourth-order valence-corrected chi connectivity index (χ4v) is 3.37. The number of rotatable bonds is 6. The SMILES string of the molecule is C=C(/C=C(\C=C(/C)c1ccc(C(C)C)cc1)c1ccc(C)cc1)c1ccc(N)cc1.CC. The molecule has 0 fully saturated rings. The van der Waals surface area contributed by atoms with Crippen molar-refractivity contribution in [2.45, 2.75) is 47.5 Å². The Hall–Kier alpha value is -3.32. The predicted octanol–water partition coefficient (Wildman–Crippen LogP) is 8.93. The normalized spacial score (nSPS) is 11.7. The van der Waals surface area contributed by atoms with Crippen molar-refractivity contribution in [2.24, 2.45) is 0 Å². The number of aryl methyl sites for hydroxylation is 1. The summed E-state index contributed by atoms with van der Waals surface area (Å²) in [6.45, 7) is 17.0. The van der Waals surface area contributed by atoms with Gasteiger partial charge in [0.15, 0.2) is 0 Å². The van der Waals surface area contributed by atoms with Crippen LogP contribution in [0.25, 0.3) is 16.7 Å². The van der Waals surface area contributed by atoms with Crippen LogP contribution in [0.5, 0.6) is 0 Å². The van der Waals surface area contributed by atoms with Crippen LogP contribution < -0.4 is 5.73 Å². The maximum absolute atomic E-state index is 5.84. The minimum atomic E-state index is 0.537. The highest BCUT2D eigenvalue weighted by Gasteiger charge is 2.05. The molecule has 0 bridgehead atoms. The second kappa shape index (κ2) is 11.9. The molecule has 0 amide bonds. The second-order valence-electron chi connectivity index (χ2n) is 8.22. The van der Waals surface area contributed by atoms with E-state index in [1.54, 1.807) is 0 Å². The van der Waals surface area contributed by atoms with Gasteiger partial charge in [-0.3, -0.25) is 0 Å². The summed E-state index contributed by atoms with van der Waals surface area (Å²) < 4.78 is 0. The molecule has 0 atom stereocenters. The van der Waals surface area contributed by atoms with E-state index in [0.29, 0.717) is 5.92 Å². The highest BCUT2D eigenvalue weighted by molar-refractivity contribution is 5.90. The van der Waals surface area contributed by atoms with Gasteiger partial charge in [0.25, 0.3) is 0 Å². The zero-order valence-electron chi connectivity index (χ0n) is 20.4. The Labute approximate surface area is 195 Å². The van der Waals surface area contributed by atoms with E-state index in [4.69, 9.17) is 5.73 Å². The summed E-state index contributed by atoms with van der Waals surface area (Å²) >= 11 is 0. The smallest absolute Gasteiger partial charge is 0.0314 e. The minimum absolute atomic E-state index is 0.537. The van der Waals surface area contributed by atoms with Crippen LogP contribution in [0.15, 0.2) is 91.5 Å². The van der Waals surface area contributed by atoms with Crippen LogP contribution in [-0.4, -0.2) is 0 Å². The molecular weight excluding hydrogens is 386 g/mol. The van der Waals surface area contributed by atoms with Crippen LogP contribution in [0.3, 0.4) is 0 Å². The number of benzene rings is 3. The first-order chi connectivity index (χ1) is 15.3. The Morgan fingerprint density at radius 1 is 0.750 bits per heavy atom. The van der Waals surface area contributed by atoms with Gasteiger partial charge in [-0.1, -0.05) is 107 Å². The van der Waals surface area contributed by atoms with Crippen molar-refractivity contribution in [3.63, 3.8) is 0 Å². The second-order valence-corrected chi connectivity index (χ2v) is 8.22. The number of anilines is 1. The molecule has 0 radical (unpaired) electrons. The molecular formula is C31H37N. The third kappa shape index (κ3) is 6.85. The predicted molar refractivity (Wildman–Crippen MR) is 145 cm³/mol. The summed E-state index contributed by atoms with van der Waals surface area (Å²) in [5.41, 5.74) is 16.0. The van der Waals surface area contributed by atoms with Gasteiger partial charge >= 0.3 is 0 Å². The van der Waals surface area contributed by atoms with Gasteiger partial charge < -0.3 is 5.73 Å². The highest BCUT2D eigenvalue weighted by Crippen LogP contribution is 2.27. The average molecular weight is 424 g/mol. The van der Waals surface area contributed by atoms with Gasteiger partial charge in [-0.15, -0.1) is 0 Å². The molecule has 0 saturated heterocycles. The van der Waals surface area contributed by atoms with E-state index in [9.17, 15) is 0 Å². The summed E-state index contributed by atoms with van der Waals surface area (Å²) in [4.78, 5) is 0. The lowest BCUT2D eigenvalue weighted by Gasteiger charge is -2.11. The number of nitrogens with two attached hydrogens (primary N) is 1. The van der Waals surface area contributed by atoms with Crippen LogP contribution in [-0.2, 0) is 0 Å². The van der Waals surface area contributed by atoms with Crippen molar-refractivity contribution in [2.75, 3.05) is 5.73 Å².